The monoisotopic (exact) mass is 431 g/mol. The first kappa shape index (κ1) is 20.1. The average Bonchev–Trinajstić information content (AvgIpc) is 3.37. The molecule has 0 aliphatic carbocycles. The second-order valence-electron chi connectivity index (χ2n) is 8.31. The molecule has 0 atom stereocenters. The van der Waals surface area contributed by atoms with Crippen molar-refractivity contribution in [3.05, 3.63) is 80.0 Å². The summed E-state index contributed by atoms with van der Waals surface area (Å²) in [5.74, 6) is 1.46. The van der Waals surface area contributed by atoms with Crippen molar-refractivity contribution in [2.75, 3.05) is 11.4 Å². The van der Waals surface area contributed by atoms with Crippen LogP contribution in [0.25, 0.3) is 11.2 Å². The molecule has 0 radical (unpaired) electrons. The van der Waals surface area contributed by atoms with Gasteiger partial charge in [0.15, 0.2) is 11.2 Å². The molecule has 3 heterocycles. The zero-order valence-electron chi connectivity index (χ0n) is 18.6. The van der Waals surface area contributed by atoms with Gasteiger partial charge in [-0.15, -0.1) is 0 Å². The summed E-state index contributed by atoms with van der Waals surface area (Å²) < 4.78 is 10.4. The summed E-state index contributed by atoms with van der Waals surface area (Å²) in [6.45, 7) is 6.01. The quantitative estimate of drug-likeness (QED) is 0.497. The Hall–Kier alpha value is -3.81. The molecule has 164 valence electrons. The van der Waals surface area contributed by atoms with Gasteiger partial charge in [0, 0.05) is 32.9 Å². The molecule has 8 heteroatoms. The summed E-state index contributed by atoms with van der Waals surface area (Å²) in [6.07, 6.45) is 0. The van der Waals surface area contributed by atoms with Crippen LogP contribution in [-0.4, -0.2) is 25.2 Å². The lowest BCUT2D eigenvalue weighted by Crippen LogP contribution is -2.37. The van der Waals surface area contributed by atoms with Gasteiger partial charge in [0.1, 0.15) is 12.4 Å². The number of aryl methyl sites for hydroxylation is 3. The summed E-state index contributed by atoms with van der Waals surface area (Å²) in [5.41, 5.74) is 4.73. The third kappa shape index (κ3) is 3.10. The van der Waals surface area contributed by atoms with Crippen molar-refractivity contribution >= 4 is 22.8 Å². The van der Waals surface area contributed by atoms with Crippen LogP contribution in [0.4, 0.5) is 11.6 Å². The molecule has 0 saturated carbocycles. The fraction of sp³-hybridized carbons (Fsp3) is 0.292. The van der Waals surface area contributed by atoms with Gasteiger partial charge in [0.05, 0.1) is 0 Å². The number of fused-ring (bicyclic) bond motifs is 3. The largest absolute Gasteiger partial charge is 0.489 e. The van der Waals surface area contributed by atoms with E-state index in [0.29, 0.717) is 36.8 Å². The van der Waals surface area contributed by atoms with Crippen molar-refractivity contribution < 1.29 is 4.74 Å². The van der Waals surface area contributed by atoms with E-state index in [1.807, 2.05) is 28.8 Å². The van der Waals surface area contributed by atoms with Crippen LogP contribution in [0.3, 0.4) is 0 Å². The number of ether oxygens (including phenoxy) is 1. The summed E-state index contributed by atoms with van der Waals surface area (Å²) >= 11 is 0. The van der Waals surface area contributed by atoms with E-state index < -0.39 is 0 Å². The van der Waals surface area contributed by atoms with Gasteiger partial charge < -0.3 is 14.2 Å². The van der Waals surface area contributed by atoms with Gasteiger partial charge in [-0.3, -0.25) is 13.9 Å². The lowest BCUT2D eigenvalue weighted by Gasteiger charge is -2.17. The first-order valence-electron chi connectivity index (χ1n) is 10.6. The number of anilines is 2. The molecule has 1 aliphatic rings. The van der Waals surface area contributed by atoms with Crippen LogP contribution in [0.5, 0.6) is 5.75 Å². The van der Waals surface area contributed by atoms with Gasteiger partial charge in [-0.05, 0) is 49.2 Å². The number of nitrogens with zero attached hydrogens (tertiary/aromatic N) is 5. The minimum atomic E-state index is -0.379. The van der Waals surface area contributed by atoms with Gasteiger partial charge in [-0.1, -0.05) is 23.8 Å². The molecule has 4 aromatic rings. The lowest BCUT2D eigenvalue weighted by molar-refractivity contribution is 0.305. The molecule has 2 aromatic carbocycles. The third-order valence-corrected chi connectivity index (χ3v) is 6.16. The number of hydrogen-bond acceptors (Lipinski definition) is 5. The minimum absolute atomic E-state index is 0.320. The van der Waals surface area contributed by atoms with Crippen molar-refractivity contribution in [1.29, 1.82) is 0 Å². The van der Waals surface area contributed by atoms with Gasteiger partial charge in [0.2, 0.25) is 5.95 Å². The predicted octanol–water partition coefficient (Wildman–Crippen LogP) is 2.78. The molecule has 0 bridgehead atoms. The van der Waals surface area contributed by atoms with Crippen LogP contribution in [0, 0.1) is 13.8 Å². The van der Waals surface area contributed by atoms with E-state index in [1.165, 1.54) is 28.3 Å². The van der Waals surface area contributed by atoms with E-state index in [4.69, 9.17) is 4.74 Å². The van der Waals surface area contributed by atoms with Gasteiger partial charge in [0.25, 0.3) is 5.56 Å². The first-order valence-corrected chi connectivity index (χ1v) is 10.6. The molecular weight excluding hydrogens is 406 g/mol. The topological polar surface area (TPSA) is 74.3 Å². The highest BCUT2D eigenvalue weighted by Gasteiger charge is 2.28. The standard InChI is InChI=1S/C24H25N5O3/c1-15-5-6-16(2)17(13-15)14-32-19-9-7-18(8-10-19)28-11-12-29-20-21(25-23(28)29)26(3)24(31)27(4)22(20)30/h5-10,13H,11-12,14H2,1-4H3. The highest BCUT2D eigenvalue weighted by molar-refractivity contribution is 5.77. The molecule has 8 nitrogen and oxygen atoms in total. The van der Waals surface area contributed by atoms with Crippen molar-refractivity contribution in [1.82, 2.24) is 18.7 Å². The molecule has 0 saturated heterocycles. The maximum Gasteiger partial charge on any atom is 0.332 e. The fourth-order valence-corrected chi connectivity index (χ4v) is 4.24. The van der Waals surface area contributed by atoms with Crippen LogP contribution in [0.1, 0.15) is 16.7 Å². The molecule has 2 aromatic heterocycles. The van der Waals surface area contributed by atoms with E-state index in [1.54, 1.807) is 7.05 Å². The van der Waals surface area contributed by atoms with Gasteiger partial charge >= 0.3 is 5.69 Å². The van der Waals surface area contributed by atoms with E-state index in [-0.39, 0.29) is 11.2 Å². The highest BCUT2D eigenvalue weighted by atomic mass is 16.5. The smallest absolute Gasteiger partial charge is 0.332 e. The molecule has 0 amide bonds. The summed E-state index contributed by atoms with van der Waals surface area (Å²) in [5, 5.41) is 0. The van der Waals surface area contributed by atoms with Crippen LogP contribution >= 0.6 is 0 Å². The zero-order chi connectivity index (χ0) is 22.6. The molecule has 0 unspecified atom stereocenters. The second-order valence-corrected chi connectivity index (χ2v) is 8.31. The molecule has 0 N–H and O–H groups in total. The summed E-state index contributed by atoms with van der Waals surface area (Å²) in [4.78, 5) is 31.7. The molecule has 0 fully saturated rings. The SMILES string of the molecule is Cc1ccc(C)c(COc2ccc(N3CCn4c3nc3c4c(=O)n(C)c(=O)n3C)cc2)c1. The van der Waals surface area contributed by atoms with Crippen LogP contribution in [0.15, 0.2) is 52.1 Å². The maximum atomic E-state index is 12.7. The van der Waals surface area contributed by atoms with Crippen molar-refractivity contribution in [3.63, 3.8) is 0 Å². The fourth-order valence-electron chi connectivity index (χ4n) is 4.24. The Kier molecular flexibility index (Phi) is 4.65. The van der Waals surface area contributed by atoms with E-state index in [0.717, 1.165) is 16.0 Å². The Balaban J connectivity index is 1.42. The minimum Gasteiger partial charge on any atom is -0.489 e. The Morgan fingerprint density at radius 1 is 0.969 bits per heavy atom. The van der Waals surface area contributed by atoms with E-state index >= 15 is 0 Å². The Morgan fingerprint density at radius 2 is 1.72 bits per heavy atom. The third-order valence-electron chi connectivity index (χ3n) is 6.16. The predicted molar refractivity (Wildman–Crippen MR) is 124 cm³/mol. The number of imidazole rings is 1. The van der Waals surface area contributed by atoms with Crippen LogP contribution < -0.4 is 20.9 Å². The summed E-state index contributed by atoms with van der Waals surface area (Å²) in [6, 6.07) is 14.2. The number of aromatic nitrogens is 4. The molecule has 0 spiro atoms. The molecule has 32 heavy (non-hydrogen) atoms. The van der Waals surface area contributed by atoms with Crippen molar-refractivity contribution in [3.8, 4) is 5.75 Å². The Labute approximate surface area is 184 Å². The number of rotatable bonds is 4. The lowest BCUT2D eigenvalue weighted by atomic mass is 10.1. The normalized spacial score (nSPS) is 13.1. The first-order chi connectivity index (χ1) is 15.3. The molecule has 1 aliphatic heterocycles. The van der Waals surface area contributed by atoms with Crippen LogP contribution in [-0.2, 0) is 27.2 Å². The molecule has 5 rings (SSSR count). The van der Waals surface area contributed by atoms with Crippen molar-refractivity contribution in [2.24, 2.45) is 14.1 Å². The Morgan fingerprint density at radius 3 is 2.47 bits per heavy atom. The maximum absolute atomic E-state index is 12.7. The number of hydrogen-bond donors (Lipinski definition) is 0. The number of benzene rings is 2. The average molecular weight is 431 g/mol. The van der Waals surface area contributed by atoms with Gasteiger partial charge in [-0.2, -0.15) is 4.98 Å². The van der Waals surface area contributed by atoms with E-state index in [2.05, 4.69) is 41.9 Å². The van der Waals surface area contributed by atoms with Crippen molar-refractivity contribution in [2.45, 2.75) is 27.0 Å². The van der Waals surface area contributed by atoms with Crippen LogP contribution in [0.2, 0.25) is 0 Å². The Bertz CT molecular complexity index is 1460. The zero-order valence-corrected chi connectivity index (χ0v) is 18.6. The highest BCUT2D eigenvalue weighted by Crippen LogP contribution is 2.32. The van der Waals surface area contributed by atoms with E-state index in [9.17, 15) is 9.59 Å². The summed E-state index contributed by atoms with van der Waals surface area (Å²) in [7, 11) is 3.13. The molecular formula is C24H25N5O3. The second kappa shape index (κ2) is 7.40. The van der Waals surface area contributed by atoms with Gasteiger partial charge in [-0.25, -0.2) is 4.79 Å².